The van der Waals surface area contributed by atoms with Crippen LogP contribution in [0.15, 0.2) is 0 Å². The zero-order valence-electron chi connectivity index (χ0n) is 9.98. The molecule has 100 valence electrons. The van der Waals surface area contributed by atoms with Gasteiger partial charge >= 0.3 is 5.97 Å². The molecule has 7 heteroatoms. The van der Waals surface area contributed by atoms with Crippen molar-refractivity contribution >= 4 is 16.0 Å². The van der Waals surface area contributed by atoms with Crippen molar-refractivity contribution in [1.82, 2.24) is 4.72 Å². The molecule has 0 radical (unpaired) electrons. The van der Waals surface area contributed by atoms with E-state index >= 15 is 0 Å². The lowest BCUT2D eigenvalue weighted by molar-refractivity contribution is -0.140. The van der Waals surface area contributed by atoms with E-state index in [0.717, 1.165) is 6.42 Å². The number of hydrogen-bond donors (Lipinski definition) is 1. The van der Waals surface area contributed by atoms with E-state index in [1.807, 2.05) is 0 Å². The Balaban J connectivity index is 2.18. The summed E-state index contributed by atoms with van der Waals surface area (Å²) in [5.74, 6) is -0.162. The number of rotatable bonds is 7. The first-order valence-electron chi connectivity index (χ1n) is 5.65. The number of esters is 1. The summed E-state index contributed by atoms with van der Waals surface area (Å²) >= 11 is 0. The standard InChI is InChI=1S/C10H19NO5S/c1-15-10(12)3-2-6-17(13,14)11-7-9-4-5-16-8-9/h9,11H,2-8H2,1H3/t9-/m1/s1. The van der Waals surface area contributed by atoms with E-state index in [1.54, 1.807) is 0 Å². The molecule has 1 N–H and O–H groups in total. The molecule has 0 amide bonds. The van der Waals surface area contributed by atoms with Gasteiger partial charge in [0.2, 0.25) is 10.0 Å². The van der Waals surface area contributed by atoms with E-state index in [0.29, 0.717) is 19.8 Å². The van der Waals surface area contributed by atoms with Gasteiger partial charge in [-0.3, -0.25) is 4.79 Å². The highest BCUT2D eigenvalue weighted by molar-refractivity contribution is 7.89. The maximum Gasteiger partial charge on any atom is 0.305 e. The molecule has 0 unspecified atom stereocenters. The van der Waals surface area contributed by atoms with Crippen LogP contribution in [0.5, 0.6) is 0 Å². The molecule has 1 atom stereocenters. The van der Waals surface area contributed by atoms with Crippen molar-refractivity contribution in [3.8, 4) is 0 Å². The van der Waals surface area contributed by atoms with Gasteiger partial charge in [-0.05, 0) is 18.8 Å². The first-order valence-corrected chi connectivity index (χ1v) is 7.30. The monoisotopic (exact) mass is 265 g/mol. The second-order valence-corrected chi connectivity index (χ2v) is 6.00. The number of nitrogens with one attached hydrogen (secondary N) is 1. The van der Waals surface area contributed by atoms with Gasteiger partial charge in [0.05, 0.1) is 19.5 Å². The topological polar surface area (TPSA) is 81.7 Å². The summed E-state index contributed by atoms with van der Waals surface area (Å²) in [5, 5.41) is 0. The van der Waals surface area contributed by atoms with Gasteiger partial charge in [-0.1, -0.05) is 0 Å². The van der Waals surface area contributed by atoms with Crippen LogP contribution in [0.4, 0.5) is 0 Å². The van der Waals surface area contributed by atoms with E-state index in [-0.39, 0.29) is 30.5 Å². The number of sulfonamides is 1. The van der Waals surface area contributed by atoms with Crippen LogP contribution < -0.4 is 4.72 Å². The predicted octanol–water partition coefficient (Wildman–Crippen LogP) is -0.104. The smallest absolute Gasteiger partial charge is 0.305 e. The van der Waals surface area contributed by atoms with E-state index in [4.69, 9.17) is 4.74 Å². The normalized spacial score (nSPS) is 20.4. The fraction of sp³-hybridized carbons (Fsp3) is 0.900. The summed E-state index contributed by atoms with van der Waals surface area (Å²) < 4.78 is 35.2. The van der Waals surface area contributed by atoms with E-state index < -0.39 is 10.0 Å². The molecule has 1 saturated heterocycles. The van der Waals surface area contributed by atoms with Crippen LogP contribution in [-0.2, 0) is 24.3 Å². The fourth-order valence-corrected chi connectivity index (χ4v) is 2.73. The van der Waals surface area contributed by atoms with Crippen LogP contribution in [0, 0.1) is 5.92 Å². The maximum absolute atomic E-state index is 11.6. The molecular weight excluding hydrogens is 246 g/mol. The summed E-state index contributed by atoms with van der Waals surface area (Å²) in [6.07, 6.45) is 1.30. The highest BCUT2D eigenvalue weighted by Gasteiger charge is 2.18. The third-order valence-electron chi connectivity index (χ3n) is 2.64. The first kappa shape index (κ1) is 14.4. The van der Waals surface area contributed by atoms with Crippen molar-refractivity contribution in [3.05, 3.63) is 0 Å². The Bertz CT molecular complexity index is 335. The number of carbonyl (C=O) groups is 1. The van der Waals surface area contributed by atoms with Crippen LogP contribution >= 0.6 is 0 Å². The van der Waals surface area contributed by atoms with Gasteiger partial charge in [0, 0.05) is 19.6 Å². The largest absolute Gasteiger partial charge is 0.469 e. The van der Waals surface area contributed by atoms with Crippen molar-refractivity contribution in [3.63, 3.8) is 0 Å². The number of hydrogen-bond acceptors (Lipinski definition) is 5. The van der Waals surface area contributed by atoms with Crippen molar-refractivity contribution in [2.45, 2.75) is 19.3 Å². The van der Waals surface area contributed by atoms with Gasteiger partial charge in [-0.15, -0.1) is 0 Å². The Morgan fingerprint density at radius 1 is 1.53 bits per heavy atom. The second kappa shape index (κ2) is 6.93. The average molecular weight is 265 g/mol. The minimum Gasteiger partial charge on any atom is -0.469 e. The average Bonchev–Trinajstić information content (AvgIpc) is 2.79. The lowest BCUT2D eigenvalue weighted by atomic mass is 10.1. The van der Waals surface area contributed by atoms with Crippen molar-refractivity contribution in [2.75, 3.05) is 32.6 Å². The van der Waals surface area contributed by atoms with Gasteiger partial charge in [-0.25, -0.2) is 13.1 Å². The highest BCUT2D eigenvalue weighted by atomic mass is 32.2. The van der Waals surface area contributed by atoms with Gasteiger partial charge in [0.1, 0.15) is 0 Å². The summed E-state index contributed by atoms with van der Waals surface area (Å²) in [6, 6.07) is 0. The van der Waals surface area contributed by atoms with E-state index in [9.17, 15) is 13.2 Å². The van der Waals surface area contributed by atoms with E-state index in [2.05, 4.69) is 9.46 Å². The van der Waals surface area contributed by atoms with Crippen molar-refractivity contribution in [2.24, 2.45) is 5.92 Å². The molecule has 0 saturated carbocycles. The Labute approximate surface area is 102 Å². The molecule has 1 heterocycles. The SMILES string of the molecule is COC(=O)CCCS(=O)(=O)NC[C@H]1CCOC1. The zero-order valence-corrected chi connectivity index (χ0v) is 10.8. The number of methoxy groups -OCH3 is 1. The van der Waals surface area contributed by atoms with Gasteiger partial charge in [-0.2, -0.15) is 0 Å². The highest BCUT2D eigenvalue weighted by Crippen LogP contribution is 2.11. The molecule has 0 aromatic rings. The number of ether oxygens (including phenoxy) is 2. The Morgan fingerprint density at radius 3 is 2.88 bits per heavy atom. The lowest BCUT2D eigenvalue weighted by Gasteiger charge is -2.09. The Hall–Kier alpha value is -0.660. The first-order chi connectivity index (χ1) is 8.03. The van der Waals surface area contributed by atoms with Crippen LogP contribution in [0.1, 0.15) is 19.3 Å². The maximum atomic E-state index is 11.6. The molecule has 1 aliphatic rings. The molecule has 1 rings (SSSR count). The molecule has 6 nitrogen and oxygen atoms in total. The molecule has 17 heavy (non-hydrogen) atoms. The lowest BCUT2D eigenvalue weighted by Crippen LogP contribution is -2.31. The summed E-state index contributed by atoms with van der Waals surface area (Å²) in [6.45, 7) is 1.74. The molecule has 0 aromatic heterocycles. The molecule has 0 aliphatic carbocycles. The predicted molar refractivity (Wildman–Crippen MR) is 62.0 cm³/mol. The third-order valence-corrected chi connectivity index (χ3v) is 4.07. The van der Waals surface area contributed by atoms with Crippen molar-refractivity contribution < 1.29 is 22.7 Å². The molecular formula is C10H19NO5S. The summed E-state index contributed by atoms with van der Waals surface area (Å²) in [5.41, 5.74) is 0. The Morgan fingerprint density at radius 2 is 2.29 bits per heavy atom. The Kier molecular flexibility index (Phi) is 5.87. The second-order valence-electron chi connectivity index (χ2n) is 4.08. The minimum atomic E-state index is -3.29. The minimum absolute atomic E-state index is 0.0460. The van der Waals surface area contributed by atoms with Crippen molar-refractivity contribution in [1.29, 1.82) is 0 Å². The van der Waals surface area contributed by atoms with Crippen LogP contribution in [-0.4, -0.2) is 47.0 Å². The summed E-state index contributed by atoms with van der Waals surface area (Å²) in [7, 11) is -2.00. The van der Waals surface area contributed by atoms with Gasteiger partial charge < -0.3 is 9.47 Å². The molecule has 1 aliphatic heterocycles. The molecule has 1 fully saturated rings. The third kappa shape index (κ3) is 5.99. The van der Waals surface area contributed by atoms with Gasteiger partial charge in [0.15, 0.2) is 0 Å². The number of carbonyl (C=O) groups excluding carboxylic acids is 1. The fourth-order valence-electron chi connectivity index (χ4n) is 1.57. The van der Waals surface area contributed by atoms with E-state index in [1.165, 1.54) is 7.11 Å². The van der Waals surface area contributed by atoms with Gasteiger partial charge in [0.25, 0.3) is 0 Å². The quantitative estimate of drug-likeness (QED) is 0.650. The zero-order chi connectivity index (χ0) is 12.7. The summed E-state index contributed by atoms with van der Waals surface area (Å²) in [4.78, 5) is 10.8. The molecule has 0 bridgehead atoms. The molecule has 0 aromatic carbocycles. The molecule has 0 spiro atoms. The van der Waals surface area contributed by atoms with Crippen LogP contribution in [0.2, 0.25) is 0 Å². The van der Waals surface area contributed by atoms with Crippen LogP contribution in [0.3, 0.4) is 0 Å². The van der Waals surface area contributed by atoms with Crippen LogP contribution in [0.25, 0.3) is 0 Å².